The summed E-state index contributed by atoms with van der Waals surface area (Å²) in [6.07, 6.45) is 1.67. The van der Waals surface area contributed by atoms with Crippen molar-refractivity contribution in [3.63, 3.8) is 0 Å². The molecule has 7 nitrogen and oxygen atoms in total. The third kappa shape index (κ3) is 4.21. The van der Waals surface area contributed by atoms with Crippen LogP contribution in [0.25, 0.3) is 27.8 Å². The van der Waals surface area contributed by atoms with Gasteiger partial charge < -0.3 is 14.0 Å². The van der Waals surface area contributed by atoms with Gasteiger partial charge in [0, 0.05) is 39.7 Å². The molecule has 3 aromatic carbocycles. The lowest BCUT2D eigenvalue weighted by atomic mass is 10.0. The maximum atomic E-state index is 13.2. The Kier molecular flexibility index (Phi) is 5.65. The number of benzene rings is 3. The Morgan fingerprint density at radius 3 is 2.59 bits per heavy atom. The molecule has 3 heterocycles. The average Bonchev–Trinajstić information content (AvgIpc) is 3.51. The molecule has 0 spiro atoms. The zero-order valence-corrected chi connectivity index (χ0v) is 20.4. The van der Waals surface area contributed by atoms with Crippen molar-refractivity contribution in [1.29, 1.82) is 0 Å². The van der Waals surface area contributed by atoms with Crippen LogP contribution in [0.5, 0.6) is 11.5 Å². The Bertz CT molecular complexity index is 1670. The number of aromatic nitrogens is 2. The predicted molar refractivity (Wildman–Crippen MR) is 144 cm³/mol. The molecule has 37 heavy (non-hydrogen) atoms. The van der Waals surface area contributed by atoms with Crippen molar-refractivity contribution in [3.05, 3.63) is 107 Å². The second kappa shape index (κ2) is 9.28. The second-order valence-electron chi connectivity index (χ2n) is 8.84. The summed E-state index contributed by atoms with van der Waals surface area (Å²) in [4.78, 5) is 18.0. The van der Waals surface area contributed by atoms with Gasteiger partial charge in [-0.15, -0.1) is 0 Å². The fourth-order valence-electron chi connectivity index (χ4n) is 4.68. The molecule has 0 bridgehead atoms. The van der Waals surface area contributed by atoms with Crippen LogP contribution in [0.3, 0.4) is 0 Å². The highest BCUT2D eigenvalue weighted by Gasteiger charge is 2.17. The summed E-state index contributed by atoms with van der Waals surface area (Å²) >= 11 is 0. The first kappa shape index (κ1) is 22.5. The molecular weight excluding hydrogens is 464 g/mol. The Labute approximate surface area is 214 Å². The number of aryl methyl sites for hydroxylation is 1. The number of para-hydroxylation sites is 1. The number of nitrogens with zero attached hydrogens (tertiary/aromatic N) is 3. The minimum absolute atomic E-state index is 0.236. The molecule has 0 fully saturated rings. The van der Waals surface area contributed by atoms with Crippen molar-refractivity contribution in [1.82, 2.24) is 15.0 Å². The topological polar surface area (TPSA) is 77.7 Å². The van der Waals surface area contributed by atoms with Gasteiger partial charge in [0.2, 0.25) is 6.79 Å². The molecule has 1 aliphatic rings. The van der Waals surface area contributed by atoms with Crippen LogP contribution in [-0.4, -0.2) is 28.5 Å². The third-order valence-electron chi connectivity index (χ3n) is 6.48. The Balaban J connectivity index is 1.28. The summed E-state index contributed by atoms with van der Waals surface area (Å²) in [5, 5.41) is 5.06. The van der Waals surface area contributed by atoms with Crippen molar-refractivity contribution in [2.24, 2.45) is 5.10 Å². The van der Waals surface area contributed by atoms with Gasteiger partial charge in [-0.3, -0.25) is 4.79 Å². The van der Waals surface area contributed by atoms with Gasteiger partial charge in [0.15, 0.2) is 11.5 Å². The molecule has 0 atom stereocenters. The molecule has 2 aromatic heterocycles. The SMILES string of the molecule is Cc1cc(/C=N/NC(=O)c2cc(-c3ccccc3)nc3ccccc23)c(C)n1-c1ccc2c(c1)OCO2. The van der Waals surface area contributed by atoms with E-state index in [1.807, 2.05) is 98.8 Å². The fraction of sp³-hybridized carbons (Fsp3) is 0.100. The number of ether oxygens (including phenoxy) is 2. The van der Waals surface area contributed by atoms with E-state index in [4.69, 9.17) is 14.5 Å². The molecule has 0 aliphatic carbocycles. The van der Waals surface area contributed by atoms with Gasteiger partial charge in [0.05, 0.1) is 23.0 Å². The lowest BCUT2D eigenvalue weighted by molar-refractivity contribution is 0.0956. The molecule has 1 amide bonds. The van der Waals surface area contributed by atoms with Crippen LogP contribution in [0.4, 0.5) is 0 Å². The lowest BCUT2D eigenvalue weighted by Crippen LogP contribution is -2.18. The van der Waals surface area contributed by atoms with Crippen LogP contribution >= 0.6 is 0 Å². The number of hydrazone groups is 1. The molecule has 0 radical (unpaired) electrons. The minimum atomic E-state index is -0.295. The standard InChI is InChI=1S/C30H24N4O3/c1-19-14-22(20(2)34(19)23-12-13-28-29(15-23)37-18-36-28)17-31-33-30(35)25-16-27(21-8-4-3-5-9-21)32-26-11-7-6-10-24(25)26/h3-17H,18H2,1-2H3,(H,33,35)/b31-17+. The van der Waals surface area contributed by atoms with E-state index >= 15 is 0 Å². The highest BCUT2D eigenvalue weighted by molar-refractivity contribution is 6.07. The first-order valence-corrected chi connectivity index (χ1v) is 12.0. The normalized spacial score (nSPS) is 12.4. The Morgan fingerprint density at radius 2 is 1.73 bits per heavy atom. The fourth-order valence-corrected chi connectivity index (χ4v) is 4.68. The number of hydrogen-bond acceptors (Lipinski definition) is 5. The zero-order chi connectivity index (χ0) is 25.4. The van der Waals surface area contributed by atoms with Gasteiger partial charge in [-0.05, 0) is 44.2 Å². The van der Waals surface area contributed by atoms with Gasteiger partial charge in [-0.1, -0.05) is 48.5 Å². The number of hydrogen-bond donors (Lipinski definition) is 1. The van der Waals surface area contributed by atoms with E-state index in [0.717, 1.165) is 56.3 Å². The van der Waals surface area contributed by atoms with Crippen LogP contribution < -0.4 is 14.9 Å². The Morgan fingerprint density at radius 1 is 0.946 bits per heavy atom. The van der Waals surface area contributed by atoms with E-state index in [0.29, 0.717) is 5.56 Å². The molecule has 0 unspecified atom stereocenters. The van der Waals surface area contributed by atoms with Gasteiger partial charge in [0.1, 0.15) is 0 Å². The van der Waals surface area contributed by atoms with Gasteiger partial charge >= 0.3 is 0 Å². The van der Waals surface area contributed by atoms with E-state index < -0.39 is 0 Å². The average molecular weight is 489 g/mol. The predicted octanol–water partition coefficient (Wildman–Crippen LogP) is 5.80. The maximum Gasteiger partial charge on any atom is 0.272 e. The van der Waals surface area contributed by atoms with E-state index in [1.54, 1.807) is 6.21 Å². The molecule has 182 valence electrons. The quantitative estimate of drug-likeness (QED) is 0.250. The van der Waals surface area contributed by atoms with E-state index in [-0.39, 0.29) is 12.7 Å². The first-order valence-electron chi connectivity index (χ1n) is 12.0. The number of rotatable bonds is 5. The third-order valence-corrected chi connectivity index (χ3v) is 6.48. The number of carbonyl (C=O) groups is 1. The minimum Gasteiger partial charge on any atom is -0.454 e. The van der Waals surface area contributed by atoms with Crippen molar-refractivity contribution in [2.75, 3.05) is 6.79 Å². The number of pyridine rings is 1. The smallest absolute Gasteiger partial charge is 0.272 e. The van der Waals surface area contributed by atoms with E-state index in [2.05, 4.69) is 15.1 Å². The Hall–Kier alpha value is -4.91. The zero-order valence-electron chi connectivity index (χ0n) is 20.4. The van der Waals surface area contributed by atoms with Crippen molar-refractivity contribution >= 4 is 23.0 Å². The number of carbonyl (C=O) groups excluding carboxylic acids is 1. The molecule has 0 saturated heterocycles. The van der Waals surface area contributed by atoms with Crippen LogP contribution in [0.2, 0.25) is 0 Å². The summed E-state index contributed by atoms with van der Waals surface area (Å²) in [5.74, 6) is 1.18. The highest BCUT2D eigenvalue weighted by atomic mass is 16.7. The van der Waals surface area contributed by atoms with E-state index in [9.17, 15) is 4.79 Å². The highest BCUT2D eigenvalue weighted by Crippen LogP contribution is 2.34. The van der Waals surface area contributed by atoms with Gasteiger partial charge in [-0.25, -0.2) is 10.4 Å². The van der Waals surface area contributed by atoms with Gasteiger partial charge in [-0.2, -0.15) is 5.10 Å². The molecular formula is C30H24N4O3. The summed E-state index contributed by atoms with van der Waals surface area (Å²) in [5.41, 5.74) is 9.57. The van der Waals surface area contributed by atoms with Crippen molar-refractivity contribution in [3.8, 4) is 28.4 Å². The summed E-state index contributed by atoms with van der Waals surface area (Å²) < 4.78 is 13.1. The molecule has 7 heteroatoms. The second-order valence-corrected chi connectivity index (χ2v) is 8.84. The van der Waals surface area contributed by atoms with Gasteiger partial charge in [0.25, 0.3) is 5.91 Å². The first-order chi connectivity index (χ1) is 18.1. The molecule has 0 saturated carbocycles. The largest absolute Gasteiger partial charge is 0.454 e. The summed E-state index contributed by atoms with van der Waals surface area (Å²) in [7, 11) is 0. The molecule has 6 rings (SSSR count). The van der Waals surface area contributed by atoms with E-state index in [1.165, 1.54) is 0 Å². The van der Waals surface area contributed by atoms with Crippen molar-refractivity contribution in [2.45, 2.75) is 13.8 Å². The van der Waals surface area contributed by atoms with Crippen molar-refractivity contribution < 1.29 is 14.3 Å². The summed E-state index contributed by atoms with van der Waals surface area (Å²) in [6.45, 7) is 4.28. The number of fused-ring (bicyclic) bond motifs is 2. The summed E-state index contributed by atoms with van der Waals surface area (Å²) in [6, 6.07) is 27.2. The lowest BCUT2D eigenvalue weighted by Gasteiger charge is -2.10. The molecule has 1 N–H and O–H groups in total. The van der Waals surface area contributed by atoms with Crippen LogP contribution in [0.15, 0.2) is 90.0 Å². The monoisotopic (exact) mass is 488 g/mol. The molecule has 1 aliphatic heterocycles. The number of amides is 1. The maximum absolute atomic E-state index is 13.2. The van der Waals surface area contributed by atoms with Crippen LogP contribution in [-0.2, 0) is 0 Å². The molecule has 5 aromatic rings. The number of nitrogens with one attached hydrogen (secondary N) is 1. The van der Waals surface area contributed by atoms with Crippen LogP contribution in [0.1, 0.15) is 27.3 Å². The van der Waals surface area contributed by atoms with Crippen LogP contribution in [0, 0.1) is 13.8 Å².